The predicted molar refractivity (Wildman–Crippen MR) is 73.6 cm³/mol. The first-order valence-electron chi connectivity index (χ1n) is 6.95. The molecular weight excluding hydrogens is 242 g/mol. The highest BCUT2D eigenvalue weighted by atomic mass is 16.5. The molecule has 3 N–H and O–H groups in total. The smallest absolute Gasteiger partial charge is 0.137 e. The summed E-state index contributed by atoms with van der Waals surface area (Å²) in [5.41, 5.74) is 3.98. The predicted octanol–water partition coefficient (Wildman–Crippen LogP) is 1.80. The van der Waals surface area contributed by atoms with Gasteiger partial charge in [0.15, 0.2) is 0 Å². The van der Waals surface area contributed by atoms with Crippen LogP contribution >= 0.6 is 0 Å². The Hall–Kier alpha value is -1.17. The monoisotopic (exact) mass is 265 g/mol. The van der Waals surface area contributed by atoms with Crippen molar-refractivity contribution >= 4 is 0 Å². The molecule has 0 saturated carbocycles. The van der Waals surface area contributed by atoms with E-state index in [0.29, 0.717) is 12.5 Å². The van der Waals surface area contributed by atoms with E-state index in [1.165, 1.54) is 0 Å². The SMILES string of the molecule is CCOc1cncc(C(NN)C2CCOC2CC)c1. The van der Waals surface area contributed by atoms with Gasteiger partial charge >= 0.3 is 0 Å². The van der Waals surface area contributed by atoms with Crippen LogP contribution in [0.5, 0.6) is 5.75 Å². The van der Waals surface area contributed by atoms with E-state index in [4.69, 9.17) is 15.3 Å². The number of pyridine rings is 1. The van der Waals surface area contributed by atoms with Gasteiger partial charge in [0.25, 0.3) is 0 Å². The van der Waals surface area contributed by atoms with Gasteiger partial charge in [-0.05, 0) is 31.4 Å². The van der Waals surface area contributed by atoms with Gasteiger partial charge in [0.2, 0.25) is 0 Å². The lowest BCUT2D eigenvalue weighted by Gasteiger charge is -2.26. The fourth-order valence-electron chi connectivity index (χ4n) is 2.79. The Labute approximate surface area is 114 Å². The van der Waals surface area contributed by atoms with Gasteiger partial charge in [0, 0.05) is 18.7 Å². The fourth-order valence-corrected chi connectivity index (χ4v) is 2.79. The first-order chi connectivity index (χ1) is 9.30. The molecule has 5 heteroatoms. The molecule has 1 saturated heterocycles. The lowest BCUT2D eigenvalue weighted by atomic mass is 9.88. The van der Waals surface area contributed by atoms with Crippen LogP contribution in [0.15, 0.2) is 18.5 Å². The Morgan fingerprint density at radius 3 is 3.05 bits per heavy atom. The van der Waals surface area contributed by atoms with Crippen molar-refractivity contribution in [2.45, 2.75) is 38.8 Å². The highest BCUT2D eigenvalue weighted by molar-refractivity contribution is 5.26. The molecule has 19 heavy (non-hydrogen) atoms. The van der Waals surface area contributed by atoms with Crippen molar-refractivity contribution in [1.29, 1.82) is 0 Å². The van der Waals surface area contributed by atoms with Gasteiger partial charge in [-0.2, -0.15) is 0 Å². The third-order valence-electron chi connectivity index (χ3n) is 3.68. The van der Waals surface area contributed by atoms with Gasteiger partial charge in [-0.15, -0.1) is 0 Å². The Kier molecular flexibility index (Phi) is 5.13. The van der Waals surface area contributed by atoms with Crippen molar-refractivity contribution in [3.8, 4) is 5.75 Å². The molecule has 3 unspecified atom stereocenters. The normalized spacial score (nSPS) is 24.4. The number of nitrogens with two attached hydrogens (primary N) is 1. The second kappa shape index (κ2) is 6.84. The molecule has 0 amide bonds. The van der Waals surface area contributed by atoms with Crippen molar-refractivity contribution in [3.05, 3.63) is 24.0 Å². The van der Waals surface area contributed by atoms with Gasteiger partial charge in [-0.3, -0.25) is 16.3 Å². The number of hydrogen-bond donors (Lipinski definition) is 2. The standard InChI is InChI=1S/C14H23N3O2/c1-3-13-12(5-6-19-13)14(17-15)10-7-11(18-4-2)9-16-8-10/h7-9,12-14,17H,3-6,15H2,1-2H3. The largest absolute Gasteiger partial charge is 0.492 e. The summed E-state index contributed by atoms with van der Waals surface area (Å²) in [7, 11) is 0. The van der Waals surface area contributed by atoms with E-state index >= 15 is 0 Å². The maximum Gasteiger partial charge on any atom is 0.137 e. The number of nitrogens with zero attached hydrogens (tertiary/aromatic N) is 1. The van der Waals surface area contributed by atoms with Crippen LogP contribution in [0, 0.1) is 5.92 Å². The number of hydrazine groups is 1. The molecule has 0 bridgehead atoms. The number of nitrogens with one attached hydrogen (secondary N) is 1. The summed E-state index contributed by atoms with van der Waals surface area (Å²) in [5.74, 6) is 6.92. The molecule has 1 aliphatic heterocycles. The minimum atomic E-state index is 0.0559. The van der Waals surface area contributed by atoms with Gasteiger partial charge in [0.05, 0.1) is 24.9 Å². The Morgan fingerprint density at radius 1 is 1.53 bits per heavy atom. The molecule has 2 rings (SSSR count). The third kappa shape index (κ3) is 3.23. The number of hydrogen-bond acceptors (Lipinski definition) is 5. The first-order valence-corrected chi connectivity index (χ1v) is 6.95. The minimum absolute atomic E-state index is 0.0559. The van der Waals surface area contributed by atoms with E-state index < -0.39 is 0 Å². The molecule has 106 valence electrons. The molecule has 0 aromatic carbocycles. The summed E-state index contributed by atoms with van der Waals surface area (Å²) < 4.78 is 11.2. The van der Waals surface area contributed by atoms with Gasteiger partial charge < -0.3 is 9.47 Å². The first kappa shape index (κ1) is 14.2. The quantitative estimate of drug-likeness (QED) is 0.606. The molecule has 1 aromatic rings. The van der Waals surface area contributed by atoms with Gasteiger partial charge in [0.1, 0.15) is 5.75 Å². The van der Waals surface area contributed by atoms with Crippen LogP contribution in [0.3, 0.4) is 0 Å². The lowest BCUT2D eigenvalue weighted by molar-refractivity contribution is 0.0773. The van der Waals surface area contributed by atoms with Crippen molar-refractivity contribution < 1.29 is 9.47 Å². The molecule has 0 radical (unpaired) electrons. The van der Waals surface area contributed by atoms with E-state index in [2.05, 4.69) is 17.3 Å². The lowest BCUT2D eigenvalue weighted by Crippen LogP contribution is -2.37. The fraction of sp³-hybridized carbons (Fsp3) is 0.643. The van der Waals surface area contributed by atoms with Crippen LogP contribution < -0.4 is 16.0 Å². The topological polar surface area (TPSA) is 69.4 Å². The average Bonchev–Trinajstić information content (AvgIpc) is 2.89. The second-order valence-electron chi connectivity index (χ2n) is 4.80. The van der Waals surface area contributed by atoms with Crippen LogP contribution in [0.2, 0.25) is 0 Å². The van der Waals surface area contributed by atoms with Crippen LogP contribution in [0.4, 0.5) is 0 Å². The Balaban J connectivity index is 2.18. The van der Waals surface area contributed by atoms with E-state index in [0.717, 1.165) is 30.8 Å². The molecule has 0 spiro atoms. The van der Waals surface area contributed by atoms with Crippen molar-refractivity contribution in [2.24, 2.45) is 11.8 Å². The third-order valence-corrected chi connectivity index (χ3v) is 3.68. The number of rotatable bonds is 6. The van der Waals surface area contributed by atoms with Crippen LogP contribution in [0.25, 0.3) is 0 Å². The van der Waals surface area contributed by atoms with Gasteiger partial charge in [-0.25, -0.2) is 0 Å². The van der Waals surface area contributed by atoms with Gasteiger partial charge in [-0.1, -0.05) is 6.92 Å². The van der Waals surface area contributed by atoms with E-state index in [1.807, 2.05) is 19.2 Å². The molecule has 3 atom stereocenters. The highest BCUT2D eigenvalue weighted by Crippen LogP contribution is 2.34. The summed E-state index contributed by atoms with van der Waals surface area (Å²) in [4.78, 5) is 4.23. The summed E-state index contributed by atoms with van der Waals surface area (Å²) in [6, 6.07) is 2.06. The minimum Gasteiger partial charge on any atom is -0.492 e. The zero-order valence-electron chi connectivity index (χ0n) is 11.6. The van der Waals surface area contributed by atoms with Crippen LogP contribution in [-0.4, -0.2) is 24.3 Å². The van der Waals surface area contributed by atoms with Crippen LogP contribution in [-0.2, 0) is 4.74 Å². The van der Waals surface area contributed by atoms with Crippen molar-refractivity contribution in [1.82, 2.24) is 10.4 Å². The Morgan fingerprint density at radius 2 is 2.37 bits per heavy atom. The van der Waals surface area contributed by atoms with E-state index in [9.17, 15) is 0 Å². The summed E-state index contributed by atoms with van der Waals surface area (Å²) in [6.07, 6.45) is 5.85. The Bertz CT molecular complexity index is 400. The average molecular weight is 265 g/mol. The molecule has 1 fully saturated rings. The number of ether oxygens (including phenoxy) is 2. The maximum absolute atomic E-state index is 5.75. The second-order valence-corrected chi connectivity index (χ2v) is 4.80. The summed E-state index contributed by atoms with van der Waals surface area (Å²) >= 11 is 0. The zero-order chi connectivity index (χ0) is 13.7. The number of aromatic nitrogens is 1. The summed E-state index contributed by atoms with van der Waals surface area (Å²) in [5, 5.41) is 0. The summed E-state index contributed by atoms with van der Waals surface area (Å²) in [6.45, 7) is 5.55. The van der Waals surface area contributed by atoms with Crippen molar-refractivity contribution in [2.75, 3.05) is 13.2 Å². The maximum atomic E-state index is 5.75. The van der Waals surface area contributed by atoms with Crippen molar-refractivity contribution in [3.63, 3.8) is 0 Å². The molecule has 0 aliphatic carbocycles. The highest BCUT2D eigenvalue weighted by Gasteiger charge is 2.34. The van der Waals surface area contributed by atoms with Crippen LogP contribution in [0.1, 0.15) is 38.3 Å². The zero-order valence-corrected chi connectivity index (χ0v) is 11.6. The van der Waals surface area contributed by atoms with E-state index in [1.54, 1.807) is 6.20 Å². The van der Waals surface area contributed by atoms with E-state index in [-0.39, 0.29) is 12.1 Å². The molecule has 1 aromatic heterocycles. The molecule has 5 nitrogen and oxygen atoms in total. The molecule has 2 heterocycles. The molecular formula is C14H23N3O2. The molecule has 1 aliphatic rings.